The van der Waals surface area contributed by atoms with Gasteiger partial charge in [-0.05, 0) is 30.5 Å². The van der Waals surface area contributed by atoms with Crippen molar-refractivity contribution in [2.24, 2.45) is 0 Å². The van der Waals surface area contributed by atoms with Gasteiger partial charge in [0.1, 0.15) is 5.69 Å². The maximum atomic E-state index is 12.8. The summed E-state index contributed by atoms with van der Waals surface area (Å²) in [5.74, 6) is 0.994. The third-order valence-corrected chi connectivity index (χ3v) is 4.59. The van der Waals surface area contributed by atoms with Crippen LogP contribution in [0.5, 0.6) is 0 Å². The van der Waals surface area contributed by atoms with Crippen LogP contribution in [0, 0.1) is 0 Å². The first-order valence-electron chi connectivity index (χ1n) is 9.20. The number of nitrogens with one attached hydrogen (secondary N) is 1. The van der Waals surface area contributed by atoms with E-state index in [1.54, 1.807) is 36.9 Å². The molecule has 3 heterocycles. The summed E-state index contributed by atoms with van der Waals surface area (Å²) in [5, 5.41) is 3.11. The molecule has 0 unspecified atom stereocenters. The second kappa shape index (κ2) is 8.39. The van der Waals surface area contributed by atoms with Crippen molar-refractivity contribution >= 4 is 23.7 Å². The maximum Gasteiger partial charge on any atom is 0.247 e. The molecule has 1 aromatic carbocycles. The van der Waals surface area contributed by atoms with Crippen LogP contribution in [0.1, 0.15) is 30.1 Å². The first-order valence-corrected chi connectivity index (χ1v) is 9.20. The monoisotopic (exact) mass is 372 g/mol. The van der Waals surface area contributed by atoms with Gasteiger partial charge in [-0.25, -0.2) is 15.0 Å². The van der Waals surface area contributed by atoms with E-state index in [-0.39, 0.29) is 11.9 Å². The fourth-order valence-electron chi connectivity index (χ4n) is 3.30. The van der Waals surface area contributed by atoms with Gasteiger partial charge in [0.15, 0.2) is 5.82 Å². The summed E-state index contributed by atoms with van der Waals surface area (Å²) < 4.78 is 0. The summed E-state index contributed by atoms with van der Waals surface area (Å²) in [5.41, 5.74) is 1.73. The van der Waals surface area contributed by atoms with E-state index in [2.05, 4.69) is 25.3 Å². The van der Waals surface area contributed by atoms with E-state index >= 15 is 0 Å². The molecule has 0 aliphatic carbocycles. The highest BCUT2D eigenvalue weighted by atomic mass is 16.2. The summed E-state index contributed by atoms with van der Waals surface area (Å²) in [6.45, 7) is 0.695. The highest BCUT2D eigenvalue weighted by Gasteiger charge is 2.32. The Bertz CT molecular complexity index is 961. The molecule has 0 spiro atoms. The highest BCUT2D eigenvalue weighted by Crippen LogP contribution is 2.34. The minimum Gasteiger partial charge on any atom is -0.330 e. The number of anilines is 2. The molecular formula is C21H20N6O. The number of amides is 1. The number of likely N-dealkylation sites (tertiary alicyclic amines) is 1. The van der Waals surface area contributed by atoms with Gasteiger partial charge >= 0.3 is 0 Å². The maximum absolute atomic E-state index is 12.8. The number of hydrogen-bond donors (Lipinski definition) is 1. The molecule has 3 aromatic rings. The van der Waals surface area contributed by atoms with Crippen molar-refractivity contribution in [1.29, 1.82) is 0 Å². The Balaban J connectivity index is 1.55. The fraction of sp³-hybridized carbons (Fsp3) is 0.190. The lowest BCUT2D eigenvalue weighted by molar-refractivity contribution is -0.126. The number of rotatable bonds is 5. The standard InChI is InChI=1S/C21H20N6O/c28-18(10-9-16-6-2-1-3-7-16)27-15-4-8-17(27)19-20(23-14-13-22-19)26-21-24-11-5-12-25-21/h1-3,5-7,9-14,17H,4,8,15H2,(H,23,24,25,26)/b10-9+/t17-/m0/s1. The van der Waals surface area contributed by atoms with Crippen molar-refractivity contribution < 1.29 is 4.79 Å². The number of benzene rings is 1. The quantitative estimate of drug-likeness (QED) is 0.691. The largest absolute Gasteiger partial charge is 0.330 e. The van der Waals surface area contributed by atoms with Crippen LogP contribution in [0.4, 0.5) is 11.8 Å². The molecule has 1 aliphatic heterocycles. The molecule has 0 saturated carbocycles. The average molecular weight is 372 g/mol. The van der Waals surface area contributed by atoms with Gasteiger partial charge in [-0.15, -0.1) is 0 Å². The van der Waals surface area contributed by atoms with E-state index in [4.69, 9.17) is 0 Å². The zero-order chi connectivity index (χ0) is 19.2. The molecule has 0 radical (unpaired) electrons. The second-order valence-corrected chi connectivity index (χ2v) is 6.42. The topological polar surface area (TPSA) is 83.9 Å². The van der Waals surface area contributed by atoms with E-state index in [0.29, 0.717) is 18.3 Å². The van der Waals surface area contributed by atoms with Crippen molar-refractivity contribution in [3.8, 4) is 0 Å². The zero-order valence-electron chi connectivity index (χ0n) is 15.3. The lowest BCUT2D eigenvalue weighted by atomic mass is 10.1. The Morgan fingerprint density at radius 2 is 1.79 bits per heavy atom. The van der Waals surface area contributed by atoms with Crippen LogP contribution in [0.25, 0.3) is 6.08 Å². The molecule has 7 heteroatoms. The average Bonchev–Trinajstić information content (AvgIpc) is 3.24. The molecule has 1 aliphatic rings. The van der Waals surface area contributed by atoms with Crippen LogP contribution >= 0.6 is 0 Å². The molecule has 2 aromatic heterocycles. The van der Waals surface area contributed by atoms with E-state index < -0.39 is 0 Å². The number of carbonyl (C=O) groups is 1. The summed E-state index contributed by atoms with van der Waals surface area (Å²) in [4.78, 5) is 31.9. The minimum atomic E-state index is -0.132. The molecule has 1 saturated heterocycles. The lowest BCUT2D eigenvalue weighted by Crippen LogP contribution is -2.30. The molecule has 1 fully saturated rings. The molecule has 1 atom stereocenters. The van der Waals surface area contributed by atoms with Crippen molar-refractivity contribution in [2.45, 2.75) is 18.9 Å². The van der Waals surface area contributed by atoms with Gasteiger partial charge in [0.25, 0.3) is 0 Å². The van der Waals surface area contributed by atoms with Crippen LogP contribution in [0.15, 0.2) is 67.3 Å². The van der Waals surface area contributed by atoms with Crippen LogP contribution < -0.4 is 5.32 Å². The van der Waals surface area contributed by atoms with Crippen LogP contribution in [0.2, 0.25) is 0 Å². The van der Waals surface area contributed by atoms with Crippen LogP contribution in [-0.4, -0.2) is 37.3 Å². The molecule has 1 amide bonds. The Hall–Kier alpha value is -3.61. The molecule has 4 rings (SSSR count). The molecular weight excluding hydrogens is 352 g/mol. The van der Waals surface area contributed by atoms with Gasteiger partial charge in [-0.1, -0.05) is 30.3 Å². The minimum absolute atomic E-state index is 0.0288. The highest BCUT2D eigenvalue weighted by molar-refractivity contribution is 5.92. The number of aromatic nitrogens is 4. The third kappa shape index (κ3) is 4.03. The van der Waals surface area contributed by atoms with Crippen LogP contribution in [0.3, 0.4) is 0 Å². The summed E-state index contributed by atoms with van der Waals surface area (Å²) in [6, 6.07) is 11.4. The normalized spacial score (nSPS) is 16.4. The number of hydrogen-bond acceptors (Lipinski definition) is 6. The van der Waals surface area contributed by atoms with Gasteiger partial charge < -0.3 is 10.2 Å². The summed E-state index contributed by atoms with van der Waals surface area (Å²) in [7, 11) is 0. The third-order valence-electron chi connectivity index (χ3n) is 4.59. The van der Waals surface area contributed by atoms with E-state index in [9.17, 15) is 4.79 Å². The van der Waals surface area contributed by atoms with E-state index in [0.717, 1.165) is 24.1 Å². The Kier molecular flexibility index (Phi) is 5.33. The molecule has 140 valence electrons. The predicted octanol–water partition coefficient (Wildman–Crippen LogP) is 3.39. The molecule has 0 bridgehead atoms. The Morgan fingerprint density at radius 3 is 2.61 bits per heavy atom. The van der Waals surface area contributed by atoms with Gasteiger partial charge in [0.05, 0.1) is 6.04 Å². The van der Waals surface area contributed by atoms with Gasteiger partial charge in [0.2, 0.25) is 11.9 Å². The molecule has 7 nitrogen and oxygen atoms in total. The van der Waals surface area contributed by atoms with E-state index in [1.165, 1.54) is 0 Å². The Morgan fingerprint density at radius 1 is 1.00 bits per heavy atom. The molecule has 1 N–H and O–H groups in total. The SMILES string of the molecule is O=C(/C=C/c1ccccc1)N1CCC[C@H]1c1nccnc1Nc1ncccn1. The number of nitrogens with zero attached hydrogens (tertiary/aromatic N) is 5. The summed E-state index contributed by atoms with van der Waals surface area (Å²) in [6.07, 6.45) is 11.8. The lowest BCUT2D eigenvalue weighted by Gasteiger charge is -2.24. The summed E-state index contributed by atoms with van der Waals surface area (Å²) >= 11 is 0. The van der Waals surface area contributed by atoms with Crippen molar-refractivity contribution in [1.82, 2.24) is 24.8 Å². The fourth-order valence-corrected chi connectivity index (χ4v) is 3.30. The Labute approximate surface area is 163 Å². The zero-order valence-corrected chi connectivity index (χ0v) is 15.3. The van der Waals surface area contributed by atoms with Crippen molar-refractivity contribution in [2.75, 3.05) is 11.9 Å². The van der Waals surface area contributed by atoms with Crippen molar-refractivity contribution in [3.05, 3.63) is 78.5 Å². The number of carbonyl (C=O) groups excluding carboxylic acids is 1. The predicted molar refractivity (Wildman–Crippen MR) is 107 cm³/mol. The molecule has 28 heavy (non-hydrogen) atoms. The first-order chi connectivity index (χ1) is 13.8. The van der Waals surface area contributed by atoms with E-state index in [1.807, 2.05) is 41.3 Å². The van der Waals surface area contributed by atoms with Crippen molar-refractivity contribution in [3.63, 3.8) is 0 Å². The van der Waals surface area contributed by atoms with Gasteiger partial charge in [-0.2, -0.15) is 0 Å². The van der Waals surface area contributed by atoms with Crippen LogP contribution in [-0.2, 0) is 4.79 Å². The smallest absolute Gasteiger partial charge is 0.247 e. The van der Waals surface area contributed by atoms with Gasteiger partial charge in [0, 0.05) is 37.4 Å². The van der Waals surface area contributed by atoms with Gasteiger partial charge in [-0.3, -0.25) is 9.78 Å². The first kappa shape index (κ1) is 17.8. The second-order valence-electron chi connectivity index (χ2n) is 6.42.